The van der Waals surface area contributed by atoms with Crippen molar-refractivity contribution in [2.75, 3.05) is 6.54 Å². The molecule has 0 spiro atoms. The summed E-state index contributed by atoms with van der Waals surface area (Å²) in [5.74, 6) is -0.703. The zero-order valence-electron chi connectivity index (χ0n) is 12.7. The largest absolute Gasteiger partial charge is 0.481 e. The zero-order chi connectivity index (χ0) is 16.4. The fraction of sp³-hybridized carbons (Fsp3) is 0.500. The van der Waals surface area contributed by atoms with Crippen LogP contribution in [-0.2, 0) is 9.59 Å². The van der Waals surface area contributed by atoms with Crippen molar-refractivity contribution < 1.29 is 14.7 Å². The molecule has 0 radical (unpaired) electrons. The number of aliphatic carboxylic acids is 1. The lowest BCUT2D eigenvalue weighted by Gasteiger charge is -2.12. The van der Waals surface area contributed by atoms with Crippen LogP contribution in [0.5, 0.6) is 0 Å². The van der Waals surface area contributed by atoms with Crippen LogP contribution in [0.25, 0.3) is 0 Å². The Morgan fingerprint density at radius 1 is 1.18 bits per heavy atom. The van der Waals surface area contributed by atoms with Gasteiger partial charge in [-0.3, -0.25) is 9.59 Å². The Morgan fingerprint density at radius 3 is 2.45 bits per heavy atom. The van der Waals surface area contributed by atoms with Crippen LogP contribution < -0.4 is 5.32 Å². The minimum absolute atomic E-state index is 0.0402. The van der Waals surface area contributed by atoms with Crippen LogP contribution in [0, 0.1) is 0 Å². The number of benzene rings is 1. The molecule has 1 atom stereocenters. The molecule has 0 fully saturated rings. The number of thioether (sulfide) groups is 1. The molecule has 0 saturated heterocycles. The highest BCUT2D eigenvalue weighted by atomic mass is 79.9. The van der Waals surface area contributed by atoms with Crippen molar-refractivity contribution in [3.8, 4) is 0 Å². The minimum Gasteiger partial charge on any atom is -0.481 e. The quantitative estimate of drug-likeness (QED) is 0.468. The smallest absolute Gasteiger partial charge is 0.303 e. The topological polar surface area (TPSA) is 66.4 Å². The second kappa shape index (κ2) is 10.7. The Bertz CT molecular complexity index is 479. The molecule has 1 aromatic carbocycles. The molecule has 0 aliphatic heterocycles. The van der Waals surface area contributed by atoms with Crippen LogP contribution in [0.2, 0.25) is 0 Å². The van der Waals surface area contributed by atoms with E-state index in [4.69, 9.17) is 5.11 Å². The lowest BCUT2D eigenvalue weighted by Crippen LogP contribution is -2.31. The monoisotopic (exact) mass is 387 g/mol. The fourth-order valence-corrected chi connectivity index (χ4v) is 3.04. The fourth-order valence-electron chi connectivity index (χ4n) is 1.88. The molecule has 0 aliphatic rings. The predicted molar refractivity (Wildman–Crippen MR) is 93.2 cm³/mol. The minimum atomic E-state index is -0.743. The van der Waals surface area contributed by atoms with Crippen molar-refractivity contribution in [3.63, 3.8) is 0 Å². The van der Waals surface area contributed by atoms with Crippen molar-refractivity contribution in [1.29, 1.82) is 0 Å². The summed E-state index contributed by atoms with van der Waals surface area (Å²) in [4.78, 5) is 23.4. The van der Waals surface area contributed by atoms with Gasteiger partial charge in [0.05, 0.1) is 5.25 Å². The van der Waals surface area contributed by atoms with Crippen LogP contribution >= 0.6 is 27.7 Å². The molecule has 1 aromatic rings. The van der Waals surface area contributed by atoms with Gasteiger partial charge in [0.1, 0.15) is 0 Å². The highest BCUT2D eigenvalue weighted by Gasteiger charge is 2.13. The maximum absolute atomic E-state index is 12.0. The lowest BCUT2D eigenvalue weighted by molar-refractivity contribution is -0.137. The Labute approximate surface area is 144 Å². The summed E-state index contributed by atoms with van der Waals surface area (Å²) >= 11 is 4.92. The summed E-state index contributed by atoms with van der Waals surface area (Å²) in [5, 5.41) is 11.3. The molecule has 0 bridgehead atoms. The van der Waals surface area contributed by atoms with Gasteiger partial charge >= 0.3 is 5.97 Å². The van der Waals surface area contributed by atoms with E-state index in [0.29, 0.717) is 13.0 Å². The van der Waals surface area contributed by atoms with Gasteiger partial charge in [-0.05, 0) is 44.0 Å². The molecule has 122 valence electrons. The molecule has 1 rings (SSSR count). The zero-order valence-corrected chi connectivity index (χ0v) is 15.1. The van der Waals surface area contributed by atoms with Gasteiger partial charge in [0.2, 0.25) is 5.91 Å². The third-order valence-corrected chi connectivity index (χ3v) is 4.75. The van der Waals surface area contributed by atoms with Crippen LogP contribution in [0.4, 0.5) is 0 Å². The van der Waals surface area contributed by atoms with E-state index in [2.05, 4.69) is 21.2 Å². The number of carboxylic acids is 1. The van der Waals surface area contributed by atoms with E-state index in [1.165, 1.54) is 11.8 Å². The number of hydrogen-bond acceptors (Lipinski definition) is 3. The van der Waals surface area contributed by atoms with Crippen molar-refractivity contribution in [1.82, 2.24) is 5.32 Å². The summed E-state index contributed by atoms with van der Waals surface area (Å²) in [5.41, 5.74) is 0. The van der Waals surface area contributed by atoms with Gasteiger partial charge in [0.25, 0.3) is 0 Å². The highest BCUT2D eigenvalue weighted by Crippen LogP contribution is 2.24. The Balaban J connectivity index is 2.13. The number of hydrogen-bond donors (Lipinski definition) is 2. The third kappa shape index (κ3) is 8.44. The van der Waals surface area contributed by atoms with E-state index in [-0.39, 0.29) is 17.6 Å². The first-order valence-electron chi connectivity index (χ1n) is 7.41. The molecule has 1 unspecified atom stereocenters. The number of rotatable bonds is 10. The third-order valence-electron chi connectivity index (χ3n) is 3.11. The molecule has 4 nitrogen and oxygen atoms in total. The highest BCUT2D eigenvalue weighted by molar-refractivity contribution is 9.10. The van der Waals surface area contributed by atoms with Gasteiger partial charge in [-0.1, -0.05) is 28.8 Å². The van der Waals surface area contributed by atoms with Gasteiger partial charge in [-0.15, -0.1) is 11.8 Å². The molecule has 0 heterocycles. The van der Waals surface area contributed by atoms with Gasteiger partial charge < -0.3 is 10.4 Å². The number of carbonyl (C=O) groups is 2. The van der Waals surface area contributed by atoms with E-state index in [1.807, 2.05) is 31.2 Å². The summed E-state index contributed by atoms with van der Waals surface area (Å²) in [6.07, 6.45) is 3.67. The number of carbonyl (C=O) groups excluding carboxylic acids is 1. The molecular weight excluding hydrogens is 366 g/mol. The second-order valence-corrected chi connectivity index (χ2v) is 7.39. The number of carboxylic acid groups (broad SMARTS) is 1. The van der Waals surface area contributed by atoms with Crippen LogP contribution in [0.15, 0.2) is 33.6 Å². The number of amides is 1. The van der Waals surface area contributed by atoms with Gasteiger partial charge in [-0.2, -0.15) is 0 Å². The molecule has 0 saturated carbocycles. The molecule has 2 N–H and O–H groups in total. The Kier molecular flexibility index (Phi) is 9.24. The van der Waals surface area contributed by atoms with Crippen molar-refractivity contribution in [2.24, 2.45) is 0 Å². The normalized spacial score (nSPS) is 11.9. The first-order chi connectivity index (χ1) is 10.5. The predicted octanol–water partition coefficient (Wildman–Crippen LogP) is 4.08. The Hall–Kier alpha value is -1.01. The number of nitrogens with one attached hydrogen (secondary N) is 1. The Morgan fingerprint density at radius 2 is 1.82 bits per heavy atom. The maximum Gasteiger partial charge on any atom is 0.303 e. The van der Waals surface area contributed by atoms with Crippen molar-refractivity contribution in [2.45, 2.75) is 49.2 Å². The standard InChI is InChI=1S/C16H22BrNO3S/c1-12(22-14-9-7-13(17)8-10-14)16(21)18-11-5-3-2-4-6-15(19)20/h7-10,12H,2-6,11H2,1H3,(H,18,21)(H,19,20). The summed E-state index contributed by atoms with van der Waals surface area (Å²) < 4.78 is 1.02. The molecule has 6 heteroatoms. The van der Waals surface area contributed by atoms with E-state index >= 15 is 0 Å². The number of halogens is 1. The maximum atomic E-state index is 12.0. The first kappa shape index (κ1) is 19.0. The van der Waals surface area contributed by atoms with Crippen molar-refractivity contribution >= 4 is 39.6 Å². The first-order valence-corrected chi connectivity index (χ1v) is 9.08. The lowest BCUT2D eigenvalue weighted by atomic mass is 10.1. The molecule has 0 aliphatic carbocycles. The summed E-state index contributed by atoms with van der Waals surface area (Å²) in [6, 6.07) is 7.90. The average Bonchev–Trinajstić information content (AvgIpc) is 2.48. The van der Waals surface area contributed by atoms with Crippen LogP contribution in [0.1, 0.15) is 39.0 Å². The van der Waals surface area contributed by atoms with E-state index in [1.54, 1.807) is 0 Å². The SMILES string of the molecule is CC(Sc1ccc(Br)cc1)C(=O)NCCCCCCC(=O)O. The van der Waals surface area contributed by atoms with Crippen molar-refractivity contribution in [3.05, 3.63) is 28.7 Å². The second-order valence-electron chi connectivity index (χ2n) is 5.06. The molecule has 1 amide bonds. The van der Waals surface area contributed by atoms with Gasteiger partial charge in [-0.25, -0.2) is 0 Å². The van der Waals surface area contributed by atoms with Gasteiger partial charge in [0.15, 0.2) is 0 Å². The molecular formula is C16H22BrNO3S. The summed E-state index contributed by atoms with van der Waals surface area (Å²) in [6.45, 7) is 2.55. The summed E-state index contributed by atoms with van der Waals surface area (Å²) in [7, 11) is 0. The van der Waals surface area contributed by atoms with Crippen LogP contribution in [0.3, 0.4) is 0 Å². The van der Waals surface area contributed by atoms with Gasteiger partial charge in [0, 0.05) is 22.3 Å². The molecule has 22 heavy (non-hydrogen) atoms. The average molecular weight is 388 g/mol. The number of unbranched alkanes of at least 4 members (excludes halogenated alkanes) is 3. The molecule has 0 aromatic heterocycles. The van der Waals surface area contributed by atoms with E-state index in [9.17, 15) is 9.59 Å². The van der Waals surface area contributed by atoms with E-state index in [0.717, 1.165) is 28.6 Å². The van der Waals surface area contributed by atoms with E-state index < -0.39 is 5.97 Å². The van der Waals surface area contributed by atoms with Crippen LogP contribution in [-0.4, -0.2) is 28.8 Å².